The van der Waals surface area contributed by atoms with Crippen molar-refractivity contribution < 1.29 is 14.4 Å². The molecule has 1 N–H and O–H groups in total. The summed E-state index contributed by atoms with van der Waals surface area (Å²) in [6.07, 6.45) is 8.38. The number of benzene rings is 2. The van der Waals surface area contributed by atoms with Gasteiger partial charge in [-0.25, -0.2) is 9.97 Å². The highest BCUT2D eigenvalue weighted by molar-refractivity contribution is 5.86. The van der Waals surface area contributed by atoms with Crippen LogP contribution in [0.1, 0.15) is 24.5 Å². The molecular weight excluding hydrogens is 484 g/mol. The maximum atomic E-state index is 12.0. The molecular formula is C28H32N6O4. The van der Waals surface area contributed by atoms with Crippen molar-refractivity contribution in [2.24, 2.45) is 4.99 Å². The van der Waals surface area contributed by atoms with Crippen molar-refractivity contribution in [1.29, 1.82) is 0 Å². The first-order valence-corrected chi connectivity index (χ1v) is 13.0. The number of likely N-dealkylation sites (N-methyl/N-ethyl adjacent to an activating group) is 1. The SMILES string of the molecule is CCNC1(c2cc3ncncc3cc2[N+](=O)[O-])C=C(Cc2cccc(OCCCN3CCOCC3)c2)C=N1. The Morgan fingerprint density at radius 2 is 2.11 bits per heavy atom. The molecule has 0 radical (unpaired) electrons. The van der Waals surface area contributed by atoms with E-state index in [4.69, 9.17) is 14.5 Å². The highest BCUT2D eigenvalue weighted by atomic mass is 16.6. The summed E-state index contributed by atoms with van der Waals surface area (Å²) in [6.45, 7) is 7.77. The standard InChI is InChI=1S/C28H32N6O4/c1-2-31-28(25-16-26-23(19-29-20-30-26)15-27(25)34(35)36)17-22(18-32-28)13-21-5-3-6-24(14-21)38-10-4-7-33-8-11-37-12-9-33/h3,5-6,14-20,31H,2,4,7-13H2,1H3. The molecule has 5 rings (SSSR count). The highest BCUT2D eigenvalue weighted by Gasteiger charge is 2.38. The molecule has 1 unspecified atom stereocenters. The Morgan fingerprint density at radius 3 is 2.92 bits per heavy atom. The number of nitrogens with zero attached hydrogens (tertiary/aromatic N) is 5. The summed E-state index contributed by atoms with van der Waals surface area (Å²) in [5, 5.41) is 16.0. The fraction of sp³-hybridized carbons (Fsp3) is 0.393. The van der Waals surface area contributed by atoms with Gasteiger partial charge in [-0.1, -0.05) is 19.1 Å². The molecule has 2 aromatic carbocycles. The molecule has 0 spiro atoms. The number of hydrogen-bond acceptors (Lipinski definition) is 9. The van der Waals surface area contributed by atoms with Gasteiger partial charge in [-0.2, -0.15) is 0 Å². The average Bonchev–Trinajstić information content (AvgIpc) is 3.34. The quantitative estimate of drug-likeness (QED) is 0.233. The minimum Gasteiger partial charge on any atom is -0.494 e. The molecule has 1 fully saturated rings. The first-order chi connectivity index (χ1) is 18.6. The Balaban J connectivity index is 1.31. The van der Waals surface area contributed by atoms with E-state index in [-0.39, 0.29) is 10.6 Å². The van der Waals surface area contributed by atoms with E-state index in [0.717, 1.165) is 56.2 Å². The molecule has 0 bridgehead atoms. The zero-order valence-electron chi connectivity index (χ0n) is 21.5. The smallest absolute Gasteiger partial charge is 0.277 e. The van der Waals surface area contributed by atoms with E-state index in [9.17, 15) is 10.1 Å². The van der Waals surface area contributed by atoms with Crippen LogP contribution in [0.15, 0.2) is 65.6 Å². The molecule has 0 aliphatic carbocycles. The Bertz CT molecular complexity index is 1350. The number of morpholine rings is 1. The van der Waals surface area contributed by atoms with Crippen molar-refractivity contribution in [2.45, 2.75) is 25.4 Å². The number of nitro benzene ring substituents is 1. The number of rotatable bonds is 11. The van der Waals surface area contributed by atoms with Gasteiger partial charge < -0.3 is 9.47 Å². The molecule has 2 aliphatic rings. The molecule has 10 nitrogen and oxygen atoms in total. The van der Waals surface area contributed by atoms with E-state index in [1.807, 2.05) is 31.2 Å². The molecule has 1 saturated heterocycles. The molecule has 3 aromatic rings. The van der Waals surface area contributed by atoms with E-state index in [1.165, 1.54) is 12.4 Å². The van der Waals surface area contributed by atoms with Crippen LogP contribution >= 0.6 is 0 Å². The van der Waals surface area contributed by atoms with Gasteiger partial charge in [-0.05, 0) is 54.8 Å². The number of nitrogens with one attached hydrogen (secondary N) is 1. The Labute approximate surface area is 221 Å². The second-order valence-corrected chi connectivity index (χ2v) is 9.46. The second-order valence-electron chi connectivity index (χ2n) is 9.46. The Morgan fingerprint density at radius 1 is 1.24 bits per heavy atom. The van der Waals surface area contributed by atoms with Gasteiger partial charge in [0, 0.05) is 43.5 Å². The van der Waals surface area contributed by atoms with Crippen LogP contribution in [0.25, 0.3) is 10.9 Å². The molecule has 0 saturated carbocycles. The van der Waals surface area contributed by atoms with Crippen molar-refractivity contribution in [3.05, 3.63) is 81.8 Å². The number of ether oxygens (including phenoxy) is 2. The molecule has 3 heterocycles. The summed E-state index contributed by atoms with van der Waals surface area (Å²) in [6, 6.07) is 11.3. The third-order valence-corrected chi connectivity index (χ3v) is 6.80. The number of aliphatic imine (C=N–C) groups is 1. The number of fused-ring (bicyclic) bond motifs is 1. The summed E-state index contributed by atoms with van der Waals surface area (Å²) in [4.78, 5) is 27.1. The summed E-state index contributed by atoms with van der Waals surface area (Å²) < 4.78 is 11.4. The van der Waals surface area contributed by atoms with Crippen molar-refractivity contribution in [3.8, 4) is 5.75 Å². The van der Waals surface area contributed by atoms with Crippen LogP contribution in [0, 0.1) is 10.1 Å². The lowest BCUT2D eigenvalue weighted by Gasteiger charge is -2.26. The van der Waals surface area contributed by atoms with E-state index >= 15 is 0 Å². The van der Waals surface area contributed by atoms with Gasteiger partial charge in [0.25, 0.3) is 5.69 Å². The van der Waals surface area contributed by atoms with E-state index in [2.05, 4.69) is 26.3 Å². The number of hydrogen-bond donors (Lipinski definition) is 1. The molecule has 1 atom stereocenters. The van der Waals surface area contributed by atoms with E-state index < -0.39 is 5.66 Å². The highest BCUT2D eigenvalue weighted by Crippen LogP contribution is 2.38. The first kappa shape index (κ1) is 25.9. The minimum absolute atomic E-state index is 0.0182. The van der Waals surface area contributed by atoms with Crippen LogP contribution in [-0.2, 0) is 16.8 Å². The fourth-order valence-corrected chi connectivity index (χ4v) is 4.99. The lowest BCUT2D eigenvalue weighted by atomic mass is 9.94. The second kappa shape index (κ2) is 11.8. The summed E-state index contributed by atoms with van der Waals surface area (Å²) in [7, 11) is 0. The third-order valence-electron chi connectivity index (χ3n) is 6.80. The largest absolute Gasteiger partial charge is 0.494 e. The van der Waals surface area contributed by atoms with Crippen molar-refractivity contribution in [1.82, 2.24) is 20.2 Å². The zero-order valence-corrected chi connectivity index (χ0v) is 21.5. The topological polar surface area (TPSA) is 115 Å². The maximum Gasteiger partial charge on any atom is 0.277 e. The monoisotopic (exact) mass is 516 g/mol. The summed E-state index contributed by atoms with van der Waals surface area (Å²) in [5.41, 5.74) is 2.08. The van der Waals surface area contributed by atoms with Gasteiger partial charge >= 0.3 is 0 Å². The zero-order chi connectivity index (χ0) is 26.4. The van der Waals surface area contributed by atoms with E-state index in [1.54, 1.807) is 18.5 Å². The van der Waals surface area contributed by atoms with Gasteiger partial charge in [0.05, 0.1) is 35.8 Å². The fourth-order valence-electron chi connectivity index (χ4n) is 4.99. The molecule has 38 heavy (non-hydrogen) atoms. The maximum absolute atomic E-state index is 12.0. The van der Waals surface area contributed by atoms with E-state index in [0.29, 0.717) is 36.0 Å². The van der Waals surface area contributed by atoms with Crippen molar-refractivity contribution >= 4 is 22.8 Å². The van der Waals surface area contributed by atoms with Crippen LogP contribution in [0.5, 0.6) is 5.75 Å². The summed E-state index contributed by atoms with van der Waals surface area (Å²) >= 11 is 0. The van der Waals surface area contributed by atoms with Gasteiger partial charge in [0.1, 0.15) is 12.1 Å². The van der Waals surface area contributed by atoms with Gasteiger partial charge in [-0.3, -0.25) is 25.3 Å². The molecule has 10 heteroatoms. The van der Waals surface area contributed by atoms with Gasteiger partial charge in [0.15, 0.2) is 5.66 Å². The van der Waals surface area contributed by atoms with Crippen molar-refractivity contribution in [2.75, 3.05) is 46.0 Å². The van der Waals surface area contributed by atoms with Crippen LogP contribution in [-0.4, -0.2) is 72.0 Å². The Hall–Kier alpha value is -3.73. The average molecular weight is 517 g/mol. The van der Waals surface area contributed by atoms with Crippen LogP contribution in [0.2, 0.25) is 0 Å². The predicted octanol–water partition coefficient (Wildman–Crippen LogP) is 3.65. The molecule has 2 aliphatic heterocycles. The summed E-state index contributed by atoms with van der Waals surface area (Å²) in [5.74, 6) is 0.836. The minimum atomic E-state index is -1.04. The van der Waals surface area contributed by atoms with Crippen molar-refractivity contribution in [3.63, 3.8) is 0 Å². The molecule has 1 aromatic heterocycles. The van der Waals surface area contributed by atoms with Crippen LogP contribution in [0.4, 0.5) is 5.69 Å². The van der Waals surface area contributed by atoms with Gasteiger partial charge in [-0.15, -0.1) is 0 Å². The number of allylic oxidation sites excluding steroid dienone is 1. The normalized spacial score (nSPS) is 19.6. The lowest BCUT2D eigenvalue weighted by Crippen LogP contribution is -2.38. The Kier molecular flexibility index (Phi) is 8.02. The number of aromatic nitrogens is 2. The van der Waals surface area contributed by atoms with Gasteiger partial charge in [0.2, 0.25) is 0 Å². The lowest BCUT2D eigenvalue weighted by molar-refractivity contribution is -0.385. The molecule has 198 valence electrons. The van der Waals surface area contributed by atoms with Crippen LogP contribution in [0.3, 0.4) is 0 Å². The third kappa shape index (κ3) is 5.88. The van der Waals surface area contributed by atoms with Crippen LogP contribution < -0.4 is 10.1 Å². The first-order valence-electron chi connectivity index (χ1n) is 13.0. The predicted molar refractivity (Wildman–Crippen MR) is 146 cm³/mol. The molecule has 0 amide bonds. The number of nitro groups is 1.